The predicted molar refractivity (Wildman–Crippen MR) is 228 cm³/mol. The molecule has 256 valence electrons. The van der Waals surface area contributed by atoms with Gasteiger partial charge in [-0.2, -0.15) is 0 Å². The molecule has 0 aliphatic rings. The van der Waals surface area contributed by atoms with Gasteiger partial charge in [0.15, 0.2) is 17.5 Å². The Bertz CT molecular complexity index is 3460. The Morgan fingerprint density at radius 2 is 0.836 bits per heavy atom. The summed E-state index contributed by atoms with van der Waals surface area (Å²) in [6, 6.07) is 53.7. The lowest BCUT2D eigenvalue weighted by Crippen LogP contribution is -2.04. The van der Waals surface area contributed by atoms with Gasteiger partial charge < -0.3 is 4.57 Å². The average molecular weight is 706 g/mol. The minimum absolute atomic E-state index is 0.163. The molecule has 4 nitrogen and oxygen atoms in total. The Balaban J connectivity index is 1.28. The van der Waals surface area contributed by atoms with E-state index in [2.05, 4.69) is 77.4 Å². The van der Waals surface area contributed by atoms with Crippen LogP contribution in [0.1, 0.15) is 6.85 Å². The quantitative estimate of drug-likeness (QED) is 0.167. The maximum atomic E-state index is 8.77. The molecule has 0 amide bonds. The molecule has 0 spiro atoms. The molecule has 0 saturated carbocycles. The molecule has 4 heteroatoms. The molecule has 11 rings (SSSR count). The number of rotatable bonds is 5. The molecule has 11 aromatic rings. The summed E-state index contributed by atoms with van der Waals surface area (Å²) in [5.41, 5.74) is 5.90. The molecule has 55 heavy (non-hydrogen) atoms. The van der Waals surface area contributed by atoms with Crippen LogP contribution in [0.2, 0.25) is 0 Å². The Labute approximate surface area is 324 Å². The van der Waals surface area contributed by atoms with Crippen molar-refractivity contribution in [2.75, 3.05) is 0 Å². The van der Waals surface area contributed by atoms with E-state index in [1.54, 1.807) is 0 Å². The van der Waals surface area contributed by atoms with Crippen LogP contribution < -0.4 is 0 Å². The molecule has 0 bridgehead atoms. The summed E-state index contributed by atoms with van der Waals surface area (Å²) in [7, 11) is 0. The summed E-state index contributed by atoms with van der Waals surface area (Å²) in [6.07, 6.45) is 0. The Morgan fingerprint density at radius 3 is 1.45 bits per heavy atom. The molecule has 9 aromatic carbocycles. The van der Waals surface area contributed by atoms with Crippen molar-refractivity contribution in [3.05, 3.63) is 194 Å². The molecule has 0 radical (unpaired) electrons. The fourth-order valence-corrected chi connectivity index (χ4v) is 8.02. The second-order valence-electron chi connectivity index (χ2n) is 13.6. The zero-order valence-corrected chi connectivity index (χ0v) is 29.4. The lowest BCUT2D eigenvalue weighted by Gasteiger charge is -2.18. The Morgan fingerprint density at radius 1 is 0.345 bits per heavy atom. The highest BCUT2D eigenvalue weighted by molar-refractivity contribution is 6.26. The van der Waals surface area contributed by atoms with E-state index in [-0.39, 0.29) is 29.7 Å². The van der Waals surface area contributed by atoms with Crippen molar-refractivity contribution in [3.63, 3.8) is 0 Å². The largest absolute Gasteiger partial charge is 0.308 e. The Kier molecular flexibility index (Phi) is 6.04. The van der Waals surface area contributed by atoms with Crippen molar-refractivity contribution < 1.29 is 6.85 Å². The summed E-state index contributed by atoms with van der Waals surface area (Å²) < 4.78 is 44.7. The second-order valence-corrected chi connectivity index (χ2v) is 13.6. The minimum Gasteiger partial charge on any atom is -0.308 e. The van der Waals surface area contributed by atoms with Gasteiger partial charge in [-0.1, -0.05) is 164 Å². The zero-order valence-electron chi connectivity index (χ0n) is 34.4. The summed E-state index contributed by atoms with van der Waals surface area (Å²) >= 11 is 0. The first kappa shape index (κ1) is 26.4. The van der Waals surface area contributed by atoms with Gasteiger partial charge in [-0.3, -0.25) is 0 Å². The molecular weight excluding hydrogens is 669 g/mol. The highest BCUT2D eigenvalue weighted by Crippen LogP contribution is 2.43. The van der Waals surface area contributed by atoms with Gasteiger partial charge in [0.2, 0.25) is 0 Å². The van der Waals surface area contributed by atoms with Crippen LogP contribution in [0.3, 0.4) is 0 Å². The maximum Gasteiger partial charge on any atom is 0.166 e. The molecule has 0 N–H and O–H groups in total. The third kappa shape index (κ3) is 5.11. The van der Waals surface area contributed by atoms with Gasteiger partial charge in [0.05, 0.1) is 23.6 Å². The van der Waals surface area contributed by atoms with E-state index in [9.17, 15) is 0 Å². The van der Waals surface area contributed by atoms with Crippen molar-refractivity contribution in [3.8, 4) is 51.0 Å². The molecule has 0 aliphatic heterocycles. The maximum absolute atomic E-state index is 8.77. The van der Waals surface area contributed by atoms with E-state index in [1.165, 1.54) is 0 Å². The summed E-state index contributed by atoms with van der Waals surface area (Å²) in [5, 5.41) is 8.50. The van der Waals surface area contributed by atoms with E-state index in [0.29, 0.717) is 23.0 Å². The van der Waals surface area contributed by atoms with Gasteiger partial charge in [0.1, 0.15) is 0 Å². The van der Waals surface area contributed by atoms with Gasteiger partial charge in [-0.25, -0.2) is 15.0 Å². The Hall–Kier alpha value is -7.43. The van der Waals surface area contributed by atoms with Gasteiger partial charge in [-0.05, 0) is 73.8 Å². The van der Waals surface area contributed by atoms with Crippen LogP contribution >= 0.6 is 0 Å². The molecule has 2 heterocycles. The smallest absolute Gasteiger partial charge is 0.166 e. The van der Waals surface area contributed by atoms with Crippen molar-refractivity contribution in [2.45, 2.75) is 0 Å². The molecule has 0 atom stereocenters. The van der Waals surface area contributed by atoms with Crippen LogP contribution in [0.4, 0.5) is 0 Å². The number of hydrogen-bond acceptors (Lipinski definition) is 3. The number of para-hydroxylation sites is 1. The molecular formula is C51H32N4. The summed E-state index contributed by atoms with van der Waals surface area (Å²) in [4.78, 5) is 15.5. The van der Waals surface area contributed by atoms with E-state index in [0.717, 1.165) is 76.5 Å². The first-order chi connectivity index (χ1) is 29.4. The number of fused-ring (bicyclic) bond motifs is 9. The number of hydrogen-bond donors (Lipinski definition) is 0. The molecule has 0 saturated heterocycles. The molecule has 0 fully saturated rings. The second kappa shape index (κ2) is 12.6. The summed E-state index contributed by atoms with van der Waals surface area (Å²) in [5.74, 6) is 1.62. The molecule has 0 aliphatic carbocycles. The molecule has 2 aromatic heterocycles. The van der Waals surface area contributed by atoms with Gasteiger partial charge in [0.25, 0.3) is 0 Å². The number of nitrogens with zero attached hydrogens (tertiary/aromatic N) is 4. The summed E-state index contributed by atoms with van der Waals surface area (Å²) in [6.45, 7) is 0. The molecule has 0 unspecified atom stereocenters. The number of aromatic nitrogens is 4. The van der Waals surface area contributed by atoms with Gasteiger partial charge in [-0.15, -0.1) is 0 Å². The van der Waals surface area contributed by atoms with Crippen LogP contribution in [-0.4, -0.2) is 19.5 Å². The average Bonchev–Trinajstić information content (AvgIpc) is 3.64. The highest BCUT2D eigenvalue weighted by Gasteiger charge is 2.22. The SMILES string of the molecule is [2H]c1c([2H])c([2H])c(-c2ccc3c(c2)c2ccccc2n3-c2cc3c4ccccc4c4ccccc4c3cc2-c2nc(-c3ccccc3)nc(-c3ccccc3)n2)c([2H])c1[2H]. The lowest BCUT2D eigenvalue weighted by molar-refractivity contribution is 1.07. The van der Waals surface area contributed by atoms with Crippen molar-refractivity contribution in [1.82, 2.24) is 19.5 Å². The monoisotopic (exact) mass is 705 g/mol. The normalized spacial score (nSPS) is 12.9. The van der Waals surface area contributed by atoms with Gasteiger partial charge >= 0.3 is 0 Å². The standard InChI is InChI=1S/C51H32N4/c1-4-16-33(17-5-1)36-28-29-47-44(30-36)41-26-14-15-27-46(41)55(47)48-32-43-40-25-13-11-23-38(40)37-22-10-12-24-39(37)42(43)31-45(48)51-53-49(34-18-6-2-7-19-34)52-50(54-51)35-20-8-3-9-21-35/h1-32H/i1D,4D,5D,16D,17D. The van der Waals surface area contributed by atoms with Crippen LogP contribution in [-0.2, 0) is 0 Å². The highest BCUT2D eigenvalue weighted by atomic mass is 15.1. The van der Waals surface area contributed by atoms with E-state index >= 15 is 0 Å². The predicted octanol–water partition coefficient (Wildman–Crippen LogP) is 13.1. The first-order valence-corrected chi connectivity index (χ1v) is 18.2. The van der Waals surface area contributed by atoms with E-state index in [4.69, 9.17) is 21.8 Å². The third-order valence-corrected chi connectivity index (χ3v) is 10.5. The third-order valence-electron chi connectivity index (χ3n) is 10.5. The first-order valence-electron chi connectivity index (χ1n) is 20.7. The van der Waals surface area contributed by atoms with Gasteiger partial charge in [0, 0.05) is 27.5 Å². The van der Waals surface area contributed by atoms with Crippen LogP contribution in [0.5, 0.6) is 0 Å². The van der Waals surface area contributed by atoms with Crippen molar-refractivity contribution in [1.29, 1.82) is 0 Å². The van der Waals surface area contributed by atoms with E-state index in [1.807, 2.05) is 91.0 Å². The lowest BCUT2D eigenvalue weighted by atomic mass is 9.92. The van der Waals surface area contributed by atoms with Crippen LogP contribution in [0.25, 0.3) is 105 Å². The van der Waals surface area contributed by atoms with Crippen LogP contribution in [0, 0.1) is 0 Å². The fourth-order valence-electron chi connectivity index (χ4n) is 8.02. The number of benzene rings is 9. The van der Waals surface area contributed by atoms with Crippen molar-refractivity contribution >= 4 is 54.1 Å². The minimum atomic E-state index is -0.417. The van der Waals surface area contributed by atoms with Crippen LogP contribution in [0.15, 0.2) is 194 Å². The topological polar surface area (TPSA) is 43.6 Å². The fraction of sp³-hybridized carbons (Fsp3) is 0. The van der Waals surface area contributed by atoms with Crippen molar-refractivity contribution in [2.24, 2.45) is 0 Å². The van der Waals surface area contributed by atoms with E-state index < -0.39 is 6.04 Å². The zero-order chi connectivity index (χ0) is 40.6.